The molecule has 0 spiro atoms. The van der Waals surface area contributed by atoms with E-state index in [0.29, 0.717) is 0 Å². The fourth-order valence-electron chi connectivity index (χ4n) is 3.37. The number of likely N-dealkylation sites (tertiary alicyclic amines) is 1. The minimum absolute atomic E-state index is 0.0575. The maximum Gasteiger partial charge on any atom is 0.326 e. The molecule has 28 heavy (non-hydrogen) atoms. The van der Waals surface area contributed by atoms with Gasteiger partial charge in [-0.05, 0) is 46.1 Å². The van der Waals surface area contributed by atoms with Crippen molar-refractivity contribution >= 4 is 23.5 Å². The van der Waals surface area contributed by atoms with Crippen molar-refractivity contribution in [2.45, 2.75) is 58.2 Å². The van der Waals surface area contributed by atoms with Crippen molar-refractivity contribution in [3.63, 3.8) is 0 Å². The standard InChI is InChI=1S/C19H25N3O6/c1-12-6-4-7-13(2)21(12)19(25)14(3)28-17(23)11-20-18(24)15-8-5-9-16(10-15)22(26)27/h5,8-10,12-14H,4,6-7,11H2,1-3H3,(H,20,24)/t12-,13+,14-/m1/s1. The van der Waals surface area contributed by atoms with Crippen LogP contribution in [0, 0.1) is 10.1 Å². The number of esters is 1. The smallest absolute Gasteiger partial charge is 0.326 e. The Labute approximate surface area is 163 Å². The van der Waals surface area contributed by atoms with Gasteiger partial charge in [0.25, 0.3) is 17.5 Å². The maximum absolute atomic E-state index is 12.6. The molecule has 1 aromatic carbocycles. The van der Waals surface area contributed by atoms with Gasteiger partial charge >= 0.3 is 5.97 Å². The van der Waals surface area contributed by atoms with Crippen LogP contribution >= 0.6 is 0 Å². The minimum atomic E-state index is -0.954. The third-order valence-electron chi connectivity index (χ3n) is 4.82. The molecular weight excluding hydrogens is 366 g/mol. The van der Waals surface area contributed by atoms with Gasteiger partial charge in [0, 0.05) is 29.8 Å². The van der Waals surface area contributed by atoms with Crippen molar-refractivity contribution < 1.29 is 24.0 Å². The molecule has 1 fully saturated rings. The zero-order chi connectivity index (χ0) is 20.8. The summed E-state index contributed by atoms with van der Waals surface area (Å²) < 4.78 is 5.16. The molecule has 3 atom stereocenters. The fraction of sp³-hybridized carbons (Fsp3) is 0.526. The van der Waals surface area contributed by atoms with Crippen molar-refractivity contribution in [1.82, 2.24) is 10.2 Å². The summed E-state index contributed by atoms with van der Waals surface area (Å²) in [5.74, 6) is -1.65. The summed E-state index contributed by atoms with van der Waals surface area (Å²) in [5.41, 5.74) is -0.165. The molecule has 1 saturated heterocycles. The second kappa shape index (κ2) is 9.29. The molecular formula is C19H25N3O6. The number of nitrogens with one attached hydrogen (secondary N) is 1. The summed E-state index contributed by atoms with van der Waals surface area (Å²) >= 11 is 0. The molecule has 0 aliphatic carbocycles. The molecule has 1 aliphatic rings. The summed E-state index contributed by atoms with van der Waals surface area (Å²) in [6.45, 7) is 5.02. The van der Waals surface area contributed by atoms with E-state index in [9.17, 15) is 24.5 Å². The molecule has 2 amide bonds. The van der Waals surface area contributed by atoms with E-state index in [-0.39, 0.29) is 29.2 Å². The molecule has 1 heterocycles. The molecule has 0 bridgehead atoms. The number of carbonyl (C=O) groups excluding carboxylic acids is 3. The van der Waals surface area contributed by atoms with E-state index in [2.05, 4.69) is 5.32 Å². The van der Waals surface area contributed by atoms with Crippen molar-refractivity contribution in [1.29, 1.82) is 0 Å². The summed E-state index contributed by atoms with van der Waals surface area (Å²) in [7, 11) is 0. The van der Waals surface area contributed by atoms with Gasteiger partial charge in [0.15, 0.2) is 6.10 Å². The van der Waals surface area contributed by atoms with Gasteiger partial charge < -0.3 is 15.0 Å². The average molecular weight is 391 g/mol. The lowest BCUT2D eigenvalue weighted by Crippen LogP contribution is -2.51. The Bertz CT molecular complexity index is 756. The van der Waals surface area contributed by atoms with Gasteiger partial charge in [0.1, 0.15) is 6.54 Å². The van der Waals surface area contributed by atoms with Gasteiger partial charge in [-0.2, -0.15) is 0 Å². The molecule has 152 valence electrons. The van der Waals surface area contributed by atoms with E-state index in [0.717, 1.165) is 25.3 Å². The van der Waals surface area contributed by atoms with Crippen LogP contribution < -0.4 is 5.32 Å². The minimum Gasteiger partial charge on any atom is -0.451 e. The number of benzene rings is 1. The second-order valence-electron chi connectivity index (χ2n) is 7.00. The van der Waals surface area contributed by atoms with Crippen LogP contribution in [-0.2, 0) is 14.3 Å². The molecule has 0 aromatic heterocycles. The quantitative estimate of drug-likeness (QED) is 0.450. The Balaban J connectivity index is 1.87. The van der Waals surface area contributed by atoms with Crippen molar-refractivity contribution in [3.8, 4) is 0 Å². The Kier molecular flexibility index (Phi) is 7.08. The third-order valence-corrected chi connectivity index (χ3v) is 4.82. The highest BCUT2D eigenvalue weighted by Crippen LogP contribution is 2.23. The van der Waals surface area contributed by atoms with E-state index in [1.165, 1.54) is 25.1 Å². The average Bonchev–Trinajstić information content (AvgIpc) is 2.65. The van der Waals surface area contributed by atoms with Crippen LogP contribution in [0.5, 0.6) is 0 Å². The molecule has 1 N–H and O–H groups in total. The highest BCUT2D eigenvalue weighted by molar-refractivity contribution is 5.96. The lowest BCUT2D eigenvalue weighted by molar-refractivity contribution is -0.384. The monoisotopic (exact) mass is 391 g/mol. The largest absolute Gasteiger partial charge is 0.451 e. The molecule has 0 radical (unpaired) electrons. The van der Waals surface area contributed by atoms with E-state index >= 15 is 0 Å². The van der Waals surface area contributed by atoms with Crippen LogP contribution in [0.2, 0.25) is 0 Å². The number of carbonyl (C=O) groups is 3. The number of nitrogens with zero attached hydrogens (tertiary/aromatic N) is 2. The van der Waals surface area contributed by atoms with Crippen LogP contribution in [0.1, 0.15) is 50.4 Å². The molecule has 0 unspecified atom stereocenters. The van der Waals surface area contributed by atoms with E-state index in [4.69, 9.17) is 4.74 Å². The Hall–Kier alpha value is -2.97. The van der Waals surface area contributed by atoms with Crippen LogP contribution in [0.3, 0.4) is 0 Å². The molecule has 9 heteroatoms. The summed E-state index contributed by atoms with van der Waals surface area (Å²) in [6, 6.07) is 5.34. The van der Waals surface area contributed by atoms with Crippen LogP contribution in [-0.4, -0.2) is 52.3 Å². The zero-order valence-electron chi connectivity index (χ0n) is 16.2. The Morgan fingerprint density at radius 3 is 2.54 bits per heavy atom. The summed E-state index contributed by atoms with van der Waals surface area (Å²) in [4.78, 5) is 48.6. The number of piperidine rings is 1. The van der Waals surface area contributed by atoms with E-state index < -0.39 is 29.4 Å². The number of ether oxygens (including phenoxy) is 1. The number of amides is 2. The Morgan fingerprint density at radius 2 is 1.93 bits per heavy atom. The predicted octanol–water partition coefficient (Wildman–Crippen LogP) is 2.05. The molecule has 2 rings (SSSR count). The van der Waals surface area contributed by atoms with Crippen LogP contribution in [0.15, 0.2) is 24.3 Å². The highest BCUT2D eigenvalue weighted by Gasteiger charge is 2.33. The lowest BCUT2D eigenvalue weighted by Gasteiger charge is -2.40. The van der Waals surface area contributed by atoms with Gasteiger partial charge in [-0.25, -0.2) is 0 Å². The first-order valence-electron chi connectivity index (χ1n) is 9.25. The first-order valence-corrected chi connectivity index (χ1v) is 9.25. The number of hydrogen-bond donors (Lipinski definition) is 1. The first-order chi connectivity index (χ1) is 13.2. The molecule has 1 aromatic rings. The number of rotatable bonds is 6. The lowest BCUT2D eigenvalue weighted by atomic mass is 9.97. The summed E-state index contributed by atoms with van der Waals surface area (Å²) in [5, 5.41) is 13.1. The van der Waals surface area contributed by atoms with Crippen LogP contribution in [0.4, 0.5) is 5.69 Å². The number of nitro groups is 1. The van der Waals surface area contributed by atoms with Crippen molar-refractivity contribution in [2.75, 3.05) is 6.54 Å². The van der Waals surface area contributed by atoms with Crippen molar-refractivity contribution in [3.05, 3.63) is 39.9 Å². The predicted molar refractivity (Wildman–Crippen MR) is 101 cm³/mol. The van der Waals surface area contributed by atoms with E-state index in [1.807, 2.05) is 13.8 Å². The molecule has 0 saturated carbocycles. The Morgan fingerprint density at radius 1 is 1.29 bits per heavy atom. The highest BCUT2D eigenvalue weighted by atomic mass is 16.6. The zero-order valence-corrected chi connectivity index (χ0v) is 16.2. The second-order valence-corrected chi connectivity index (χ2v) is 7.00. The van der Waals surface area contributed by atoms with Gasteiger partial charge in [0.2, 0.25) is 0 Å². The third kappa shape index (κ3) is 5.28. The van der Waals surface area contributed by atoms with Crippen molar-refractivity contribution in [2.24, 2.45) is 0 Å². The van der Waals surface area contributed by atoms with E-state index in [1.54, 1.807) is 4.90 Å². The van der Waals surface area contributed by atoms with Gasteiger partial charge in [-0.1, -0.05) is 6.07 Å². The first kappa shape index (κ1) is 21.3. The van der Waals surface area contributed by atoms with Gasteiger partial charge in [0.05, 0.1) is 4.92 Å². The summed E-state index contributed by atoms with van der Waals surface area (Å²) in [6.07, 6.45) is 1.93. The normalized spacial score (nSPS) is 20.2. The maximum atomic E-state index is 12.6. The number of nitro benzene ring substituents is 1. The topological polar surface area (TPSA) is 119 Å². The van der Waals surface area contributed by atoms with Gasteiger partial charge in [-0.15, -0.1) is 0 Å². The number of hydrogen-bond acceptors (Lipinski definition) is 6. The molecule has 9 nitrogen and oxygen atoms in total. The van der Waals surface area contributed by atoms with Crippen LogP contribution in [0.25, 0.3) is 0 Å². The SMILES string of the molecule is C[C@@H]1CCC[C@H](C)N1C(=O)[C@@H](C)OC(=O)CNC(=O)c1cccc([N+](=O)[O-])c1. The number of non-ortho nitro benzene ring substituents is 1. The fourth-order valence-corrected chi connectivity index (χ4v) is 3.37. The molecule has 1 aliphatic heterocycles. The van der Waals surface area contributed by atoms with Gasteiger partial charge in [-0.3, -0.25) is 24.5 Å².